The van der Waals surface area contributed by atoms with E-state index in [1.54, 1.807) is 17.8 Å². The van der Waals surface area contributed by atoms with Crippen molar-refractivity contribution in [3.8, 4) is 5.75 Å². The first-order valence-corrected chi connectivity index (χ1v) is 11.0. The molecule has 0 N–H and O–H groups in total. The molecule has 0 atom stereocenters. The zero-order chi connectivity index (χ0) is 19.3. The van der Waals surface area contributed by atoms with Crippen LogP contribution in [0.5, 0.6) is 5.75 Å². The van der Waals surface area contributed by atoms with E-state index in [0.717, 1.165) is 24.3 Å². The maximum Gasteiger partial charge on any atom is 0.185 e. The molecule has 27 heavy (non-hydrogen) atoms. The molecule has 0 radical (unpaired) electrons. The summed E-state index contributed by atoms with van der Waals surface area (Å²) in [5.74, 6) is 0.836. The maximum absolute atomic E-state index is 12.3. The summed E-state index contributed by atoms with van der Waals surface area (Å²) in [4.78, 5) is 13.5. The van der Waals surface area contributed by atoms with Crippen LogP contribution < -0.4 is 4.74 Å². The number of ether oxygens (including phenoxy) is 1. The molecular formula is C24H30O2S. The van der Waals surface area contributed by atoms with Crippen molar-refractivity contribution in [2.24, 2.45) is 0 Å². The lowest BCUT2D eigenvalue weighted by atomic mass is 10.1. The smallest absolute Gasteiger partial charge is 0.185 e. The Balaban J connectivity index is 1.76. The van der Waals surface area contributed by atoms with Crippen LogP contribution in [-0.2, 0) is 0 Å². The van der Waals surface area contributed by atoms with Crippen molar-refractivity contribution in [3.63, 3.8) is 0 Å². The normalized spacial score (nSPS) is 11.0. The van der Waals surface area contributed by atoms with Gasteiger partial charge in [0, 0.05) is 10.5 Å². The number of unbranched alkanes of at least 4 members (excludes halogenated alkanes) is 5. The molecule has 0 amide bonds. The van der Waals surface area contributed by atoms with E-state index in [4.69, 9.17) is 4.74 Å². The number of benzene rings is 2. The van der Waals surface area contributed by atoms with E-state index < -0.39 is 0 Å². The predicted molar refractivity (Wildman–Crippen MR) is 117 cm³/mol. The van der Waals surface area contributed by atoms with Gasteiger partial charge in [0.15, 0.2) is 5.78 Å². The molecule has 2 aromatic rings. The van der Waals surface area contributed by atoms with Crippen LogP contribution in [0, 0.1) is 0 Å². The molecule has 0 fully saturated rings. The third-order valence-electron chi connectivity index (χ3n) is 4.45. The molecule has 0 unspecified atom stereocenters. The quantitative estimate of drug-likeness (QED) is 0.170. The zero-order valence-electron chi connectivity index (χ0n) is 16.4. The average Bonchev–Trinajstić information content (AvgIpc) is 2.72. The van der Waals surface area contributed by atoms with Crippen molar-refractivity contribution >= 4 is 23.6 Å². The lowest BCUT2D eigenvalue weighted by Gasteiger charge is -2.06. The summed E-state index contributed by atoms with van der Waals surface area (Å²) in [6.45, 7) is 2.97. The molecule has 3 heteroatoms. The number of allylic oxidation sites excluding steroid dienone is 1. The van der Waals surface area contributed by atoms with E-state index in [0.29, 0.717) is 5.56 Å². The average molecular weight is 383 g/mol. The summed E-state index contributed by atoms with van der Waals surface area (Å²) in [5.41, 5.74) is 1.71. The molecule has 0 aliphatic heterocycles. The van der Waals surface area contributed by atoms with E-state index in [2.05, 4.69) is 25.3 Å². The predicted octanol–water partition coefficient (Wildman–Crippen LogP) is 7.04. The maximum atomic E-state index is 12.3. The molecule has 0 aromatic heterocycles. The van der Waals surface area contributed by atoms with Crippen LogP contribution in [0.25, 0.3) is 6.08 Å². The Kier molecular flexibility index (Phi) is 9.78. The number of ketones is 1. The lowest BCUT2D eigenvalue weighted by Crippen LogP contribution is -1.98. The lowest BCUT2D eigenvalue weighted by molar-refractivity contribution is 0.104. The van der Waals surface area contributed by atoms with Crippen LogP contribution >= 0.6 is 11.8 Å². The second-order valence-corrected chi connectivity index (χ2v) is 7.49. The highest BCUT2D eigenvalue weighted by molar-refractivity contribution is 7.98. The Bertz CT molecular complexity index is 702. The highest BCUT2D eigenvalue weighted by Crippen LogP contribution is 2.17. The zero-order valence-corrected chi connectivity index (χ0v) is 17.3. The van der Waals surface area contributed by atoms with Gasteiger partial charge in [-0.15, -0.1) is 11.8 Å². The van der Waals surface area contributed by atoms with Gasteiger partial charge in [-0.3, -0.25) is 4.79 Å². The van der Waals surface area contributed by atoms with Crippen molar-refractivity contribution in [1.82, 2.24) is 0 Å². The highest BCUT2D eigenvalue weighted by atomic mass is 32.2. The molecule has 0 saturated carbocycles. The first-order chi connectivity index (χ1) is 13.2. The van der Waals surface area contributed by atoms with Gasteiger partial charge in [-0.1, -0.05) is 57.2 Å². The second-order valence-electron chi connectivity index (χ2n) is 6.61. The van der Waals surface area contributed by atoms with Crippen LogP contribution in [0.15, 0.2) is 59.5 Å². The Hall–Kier alpha value is -2.00. The number of rotatable bonds is 12. The molecule has 0 aliphatic carbocycles. The minimum atomic E-state index is 0.00594. The molecule has 2 nitrogen and oxygen atoms in total. The minimum Gasteiger partial charge on any atom is -0.494 e. The number of carbonyl (C=O) groups is 1. The molecule has 0 saturated heterocycles. The first-order valence-electron chi connectivity index (χ1n) is 9.82. The van der Waals surface area contributed by atoms with Gasteiger partial charge in [0.1, 0.15) is 5.75 Å². The number of carbonyl (C=O) groups excluding carboxylic acids is 1. The summed E-state index contributed by atoms with van der Waals surface area (Å²) in [6, 6.07) is 15.6. The summed E-state index contributed by atoms with van der Waals surface area (Å²) < 4.78 is 5.77. The second kappa shape index (κ2) is 12.4. The third kappa shape index (κ3) is 8.04. The first kappa shape index (κ1) is 21.3. The summed E-state index contributed by atoms with van der Waals surface area (Å²) >= 11 is 1.71. The van der Waals surface area contributed by atoms with Crippen molar-refractivity contribution in [1.29, 1.82) is 0 Å². The van der Waals surface area contributed by atoms with Gasteiger partial charge in [-0.2, -0.15) is 0 Å². The molecule has 0 spiro atoms. The summed E-state index contributed by atoms with van der Waals surface area (Å²) in [5, 5.41) is 0. The van der Waals surface area contributed by atoms with E-state index in [1.807, 2.05) is 42.5 Å². The Morgan fingerprint density at radius 1 is 0.926 bits per heavy atom. The molecule has 2 aromatic carbocycles. The van der Waals surface area contributed by atoms with E-state index in [1.165, 1.54) is 37.0 Å². The number of hydrogen-bond donors (Lipinski definition) is 0. The summed E-state index contributed by atoms with van der Waals surface area (Å²) in [7, 11) is 0. The topological polar surface area (TPSA) is 26.3 Å². The fraction of sp³-hybridized carbons (Fsp3) is 0.375. The Morgan fingerprint density at radius 3 is 2.26 bits per heavy atom. The molecule has 0 bridgehead atoms. The largest absolute Gasteiger partial charge is 0.494 e. The minimum absolute atomic E-state index is 0.00594. The molecule has 0 heterocycles. The van der Waals surface area contributed by atoms with Gasteiger partial charge in [0.05, 0.1) is 6.61 Å². The van der Waals surface area contributed by atoms with Gasteiger partial charge in [0.25, 0.3) is 0 Å². The van der Waals surface area contributed by atoms with Crippen LogP contribution in [0.4, 0.5) is 0 Å². The van der Waals surface area contributed by atoms with Crippen LogP contribution in [0.1, 0.15) is 61.4 Å². The van der Waals surface area contributed by atoms with E-state index in [-0.39, 0.29) is 5.78 Å². The van der Waals surface area contributed by atoms with Gasteiger partial charge in [-0.05, 0) is 60.7 Å². The van der Waals surface area contributed by atoms with Crippen molar-refractivity contribution in [2.75, 3.05) is 12.9 Å². The highest BCUT2D eigenvalue weighted by Gasteiger charge is 2.02. The molecule has 144 valence electrons. The standard InChI is InChI=1S/C24H30O2S/c1-3-4-5-6-7-8-19-26-22-14-12-21(13-15-22)24(25)18-11-20-9-16-23(27-2)17-10-20/h9-18H,3-8,19H2,1-2H3. The van der Waals surface area contributed by atoms with E-state index >= 15 is 0 Å². The van der Waals surface area contributed by atoms with E-state index in [9.17, 15) is 4.79 Å². The van der Waals surface area contributed by atoms with Gasteiger partial charge in [0.2, 0.25) is 0 Å². The SMILES string of the molecule is CCCCCCCCOc1ccc(C(=O)C=Cc2ccc(SC)cc2)cc1. The molecule has 0 aliphatic rings. The van der Waals surface area contributed by atoms with Crippen LogP contribution in [0.3, 0.4) is 0 Å². The molecule has 2 rings (SSSR count). The Morgan fingerprint density at radius 2 is 1.59 bits per heavy atom. The number of thioether (sulfide) groups is 1. The van der Waals surface area contributed by atoms with Crippen molar-refractivity contribution < 1.29 is 9.53 Å². The van der Waals surface area contributed by atoms with Crippen molar-refractivity contribution in [2.45, 2.75) is 50.3 Å². The van der Waals surface area contributed by atoms with Gasteiger partial charge < -0.3 is 4.74 Å². The van der Waals surface area contributed by atoms with Gasteiger partial charge in [-0.25, -0.2) is 0 Å². The van der Waals surface area contributed by atoms with Crippen LogP contribution in [-0.4, -0.2) is 18.6 Å². The summed E-state index contributed by atoms with van der Waals surface area (Å²) in [6.07, 6.45) is 13.1. The monoisotopic (exact) mass is 382 g/mol. The fourth-order valence-corrected chi connectivity index (χ4v) is 3.18. The molecular weight excluding hydrogens is 352 g/mol. The Labute approximate surface area is 168 Å². The number of hydrogen-bond acceptors (Lipinski definition) is 3. The van der Waals surface area contributed by atoms with Crippen molar-refractivity contribution in [3.05, 3.63) is 65.7 Å². The third-order valence-corrected chi connectivity index (χ3v) is 5.19. The van der Waals surface area contributed by atoms with Crippen LogP contribution in [0.2, 0.25) is 0 Å². The van der Waals surface area contributed by atoms with Gasteiger partial charge >= 0.3 is 0 Å². The fourth-order valence-electron chi connectivity index (χ4n) is 2.77.